The molecule has 0 fully saturated rings. The van der Waals surface area contributed by atoms with Crippen molar-refractivity contribution >= 4 is 5.91 Å². The van der Waals surface area contributed by atoms with Gasteiger partial charge in [-0.3, -0.25) is 4.79 Å². The molecule has 0 unspecified atom stereocenters. The van der Waals surface area contributed by atoms with Gasteiger partial charge in [-0.2, -0.15) is 0 Å². The molecule has 0 saturated carbocycles. The zero-order valence-electron chi connectivity index (χ0n) is 9.07. The number of hydrogen-bond acceptors (Lipinski definition) is 3. The average molecular weight is 210 g/mol. The number of nitrogens with one attached hydrogen (secondary N) is 1. The minimum Gasteiger partial charge on any atom is -0.356 e. The van der Waals surface area contributed by atoms with Crippen molar-refractivity contribution in [2.75, 3.05) is 13.1 Å². The largest absolute Gasteiger partial charge is 0.356 e. The lowest BCUT2D eigenvalue weighted by Gasteiger charge is -1.99. The van der Waals surface area contributed by atoms with Gasteiger partial charge in [0.25, 0.3) is 0 Å². The molecule has 5 nitrogen and oxygen atoms in total. The number of aryl methyl sites for hydroxylation is 1. The number of carbonyl (C=O) groups is 1. The average Bonchev–Trinajstić information content (AvgIpc) is 2.62. The van der Waals surface area contributed by atoms with E-state index in [4.69, 9.17) is 5.73 Å². The standard InChI is InChI=1S/C10H18N4O/c1-9(15)12-5-3-10-7-14(8-13-10)6-2-4-11/h7-8H,2-6,11H2,1H3,(H,12,15). The predicted molar refractivity (Wildman–Crippen MR) is 58.3 cm³/mol. The van der Waals surface area contributed by atoms with Gasteiger partial charge in [-0.15, -0.1) is 0 Å². The second kappa shape index (κ2) is 6.19. The normalized spacial score (nSPS) is 10.3. The van der Waals surface area contributed by atoms with Gasteiger partial charge in [-0.05, 0) is 13.0 Å². The van der Waals surface area contributed by atoms with Crippen LogP contribution in [0.5, 0.6) is 0 Å². The summed E-state index contributed by atoms with van der Waals surface area (Å²) in [4.78, 5) is 14.9. The molecule has 1 aromatic heterocycles. The Balaban J connectivity index is 2.29. The van der Waals surface area contributed by atoms with E-state index in [1.807, 2.05) is 10.8 Å². The second-order valence-electron chi connectivity index (χ2n) is 3.48. The summed E-state index contributed by atoms with van der Waals surface area (Å²) in [6.45, 7) is 3.76. The van der Waals surface area contributed by atoms with Crippen molar-refractivity contribution in [1.82, 2.24) is 14.9 Å². The van der Waals surface area contributed by atoms with Crippen LogP contribution in [0.4, 0.5) is 0 Å². The molecule has 0 saturated heterocycles. The first-order chi connectivity index (χ1) is 7.22. The molecule has 0 aliphatic rings. The summed E-state index contributed by atoms with van der Waals surface area (Å²) in [5, 5.41) is 2.74. The Morgan fingerprint density at radius 1 is 1.67 bits per heavy atom. The van der Waals surface area contributed by atoms with Crippen LogP contribution in [0.1, 0.15) is 19.0 Å². The minimum absolute atomic E-state index is 0.00226. The first kappa shape index (κ1) is 11.7. The van der Waals surface area contributed by atoms with Crippen LogP contribution < -0.4 is 11.1 Å². The number of hydrogen-bond donors (Lipinski definition) is 2. The van der Waals surface area contributed by atoms with Crippen LogP contribution in [0, 0.1) is 0 Å². The van der Waals surface area contributed by atoms with Gasteiger partial charge in [0.1, 0.15) is 0 Å². The molecule has 1 aromatic rings. The number of aromatic nitrogens is 2. The number of imidazole rings is 1. The van der Waals surface area contributed by atoms with E-state index in [0.29, 0.717) is 13.1 Å². The first-order valence-corrected chi connectivity index (χ1v) is 5.17. The number of nitrogens with two attached hydrogens (primary N) is 1. The van der Waals surface area contributed by atoms with Crippen LogP contribution in [0.25, 0.3) is 0 Å². The highest BCUT2D eigenvalue weighted by Crippen LogP contribution is 1.97. The molecular weight excluding hydrogens is 192 g/mol. The maximum absolute atomic E-state index is 10.6. The lowest BCUT2D eigenvalue weighted by molar-refractivity contribution is -0.118. The number of nitrogens with zero attached hydrogens (tertiary/aromatic N) is 2. The molecule has 0 bridgehead atoms. The quantitative estimate of drug-likeness (QED) is 0.689. The SMILES string of the molecule is CC(=O)NCCc1cn(CCCN)cn1. The Labute approximate surface area is 89.7 Å². The molecule has 0 spiro atoms. The maximum atomic E-state index is 10.6. The minimum atomic E-state index is -0.00226. The van der Waals surface area contributed by atoms with Crippen molar-refractivity contribution in [2.45, 2.75) is 26.3 Å². The van der Waals surface area contributed by atoms with E-state index >= 15 is 0 Å². The summed E-state index contributed by atoms with van der Waals surface area (Å²) in [7, 11) is 0. The molecule has 0 radical (unpaired) electrons. The van der Waals surface area contributed by atoms with Gasteiger partial charge in [0.2, 0.25) is 5.91 Å². The third-order valence-corrected chi connectivity index (χ3v) is 2.06. The third-order valence-electron chi connectivity index (χ3n) is 2.06. The van der Waals surface area contributed by atoms with Gasteiger partial charge in [-0.25, -0.2) is 4.98 Å². The van der Waals surface area contributed by atoms with E-state index in [1.54, 1.807) is 6.33 Å². The second-order valence-corrected chi connectivity index (χ2v) is 3.48. The van der Waals surface area contributed by atoms with E-state index in [-0.39, 0.29) is 5.91 Å². The summed E-state index contributed by atoms with van der Waals surface area (Å²) in [5.74, 6) is -0.00226. The molecule has 84 valence electrons. The Morgan fingerprint density at radius 3 is 3.13 bits per heavy atom. The van der Waals surface area contributed by atoms with Crippen LogP contribution in [0.15, 0.2) is 12.5 Å². The summed E-state index contributed by atoms with van der Waals surface area (Å²) >= 11 is 0. The number of carbonyl (C=O) groups excluding carboxylic acids is 1. The van der Waals surface area contributed by atoms with E-state index in [0.717, 1.165) is 25.1 Å². The van der Waals surface area contributed by atoms with E-state index in [1.165, 1.54) is 6.92 Å². The summed E-state index contributed by atoms with van der Waals surface area (Å²) < 4.78 is 2.02. The molecule has 0 aromatic carbocycles. The van der Waals surface area contributed by atoms with Crippen molar-refractivity contribution in [3.63, 3.8) is 0 Å². The molecule has 5 heteroatoms. The summed E-state index contributed by atoms with van der Waals surface area (Å²) in [6, 6.07) is 0. The number of rotatable bonds is 6. The molecule has 15 heavy (non-hydrogen) atoms. The Hall–Kier alpha value is -1.36. The Bertz CT molecular complexity index is 308. The molecule has 0 atom stereocenters. The van der Waals surface area contributed by atoms with Gasteiger partial charge in [-0.1, -0.05) is 0 Å². The highest BCUT2D eigenvalue weighted by Gasteiger charge is 1.98. The lowest BCUT2D eigenvalue weighted by atomic mass is 10.3. The summed E-state index contributed by atoms with van der Waals surface area (Å²) in [5.41, 5.74) is 6.42. The highest BCUT2D eigenvalue weighted by atomic mass is 16.1. The van der Waals surface area contributed by atoms with Crippen LogP contribution in [0.2, 0.25) is 0 Å². The van der Waals surface area contributed by atoms with Crippen molar-refractivity contribution in [3.8, 4) is 0 Å². The van der Waals surface area contributed by atoms with Gasteiger partial charge in [0.05, 0.1) is 12.0 Å². The molecule has 0 aliphatic heterocycles. The third kappa shape index (κ3) is 4.60. The molecule has 3 N–H and O–H groups in total. The Morgan fingerprint density at radius 2 is 2.47 bits per heavy atom. The first-order valence-electron chi connectivity index (χ1n) is 5.17. The molecule has 0 aliphatic carbocycles. The van der Waals surface area contributed by atoms with Crippen molar-refractivity contribution in [2.24, 2.45) is 5.73 Å². The fraction of sp³-hybridized carbons (Fsp3) is 0.600. The van der Waals surface area contributed by atoms with Gasteiger partial charge < -0.3 is 15.6 Å². The predicted octanol–water partition coefficient (Wildman–Crippen LogP) is -0.0895. The van der Waals surface area contributed by atoms with Crippen molar-refractivity contribution < 1.29 is 4.79 Å². The zero-order valence-corrected chi connectivity index (χ0v) is 9.07. The van der Waals surface area contributed by atoms with Crippen molar-refractivity contribution in [1.29, 1.82) is 0 Å². The van der Waals surface area contributed by atoms with Crippen LogP contribution in [-0.4, -0.2) is 28.5 Å². The molecule has 1 amide bonds. The fourth-order valence-electron chi connectivity index (χ4n) is 1.30. The van der Waals surface area contributed by atoms with E-state index < -0.39 is 0 Å². The van der Waals surface area contributed by atoms with Gasteiger partial charge in [0, 0.05) is 32.6 Å². The fourth-order valence-corrected chi connectivity index (χ4v) is 1.30. The maximum Gasteiger partial charge on any atom is 0.216 e. The zero-order chi connectivity index (χ0) is 11.1. The van der Waals surface area contributed by atoms with Crippen molar-refractivity contribution in [3.05, 3.63) is 18.2 Å². The van der Waals surface area contributed by atoms with Crippen LogP contribution >= 0.6 is 0 Å². The topological polar surface area (TPSA) is 72.9 Å². The Kier molecular flexibility index (Phi) is 4.83. The van der Waals surface area contributed by atoms with Gasteiger partial charge in [0.15, 0.2) is 0 Å². The summed E-state index contributed by atoms with van der Waals surface area (Å²) in [6.07, 6.45) is 5.53. The van der Waals surface area contributed by atoms with Gasteiger partial charge >= 0.3 is 0 Å². The highest BCUT2D eigenvalue weighted by molar-refractivity contribution is 5.72. The molecular formula is C10H18N4O. The monoisotopic (exact) mass is 210 g/mol. The van der Waals surface area contributed by atoms with Crippen LogP contribution in [-0.2, 0) is 17.8 Å². The smallest absolute Gasteiger partial charge is 0.216 e. The number of amides is 1. The van der Waals surface area contributed by atoms with E-state index in [9.17, 15) is 4.79 Å². The lowest BCUT2D eigenvalue weighted by Crippen LogP contribution is -2.22. The van der Waals surface area contributed by atoms with E-state index in [2.05, 4.69) is 10.3 Å². The molecule has 1 rings (SSSR count). The molecule has 1 heterocycles. The van der Waals surface area contributed by atoms with Crippen LogP contribution in [0.3, 0.4) is 0 Å².